The van der Waals surface area contributed by atoms with E-state index < -0.39 is 66.1 Å². The number of halogens is 6. The van der Waals surface area contributed by atoms with Gasteiger partial charge < -0.3 is 4.74 Å². The predicted octanol–water partition coefficient (Wildman–Crippen LogP) is 3.50. The number of rotatable bonds is 10. The molecule has 0 rings (SSSR count). The van der Waals surface area contributed by atoms with Crippen molar-refractivity contribution >= 4 is 25.6 Å². The molecule has 6 nitrogen and oxygen atoms in total. The number of ether oxygens (including phenoxy) is 1. The minimum absolute atomic E-state index is 0.169. The summed E-state index contributed by atoms with van der Waals surface area (Å²) in [6.07, 6.45) is -2.29. The van der Waals surface area contributed by atoms with Crippen molar-refractivity contribution in [3.8, 4) is 0 Å². The molecule has 0 fully saturated rings. The van der Waals surface area contributed by atoms with E-state index in [4.69, 9.17) is 4.74 Å². The maximum absolute atomic E-state index is 12.7. The van der Waals surface area contributed by atoms with Gasteiger partial charge in [-0.05, 0) is 25.2 Å². The number of carbonyl (C=O) groups is 1. The second-order valence-electron chi connectivity index (χ2n) is 6.09. The molecule has 0 aliphatic heterocycles. The van der Waals surface area contributed by atoms with Crippen molar-refractivity contribution < 1.29 is 52.7 Å². The molecule has 0 heterocycles. The Morgan fingerprint density at radius 1 is 0.964 bits per heavy atom. The summed E-state index contributed by atoms with van der Waals surface area (Å²) in [5.41, 5.74) is -12.4. The van der Waals surface area contributed by atoms with Crippen LogP contribution < -0.4 is 0 Å². The maximum atomic E-state index is 12.7. The van der Waals surface area contributed by atoms with Gasteiger partial charge in [0.15, 0.2) is 4.58 Å². The lowest BCUT2D eigenvalue weighted by Gasteiger charge is -2.25. The predicted molar refractivity (Wildman–Crippen MR) is 87.1 cm³/mol. The Bertz CT molecular complexity index is 708. The van der Waals surface area contributed by atoms with E-state index in [2.05, 4.69) is 6.58 Å². The van der Waals surface area contributed by atoms with Gasteiger partial charge in [-0.15, -0.1) is 6.58 Å². The highest BCUT2D eigenvalue weighted by Crippen LogP contribution is 2.38. The van der Waals surface area contributed by atoms with Crippen molar-refractivity contribution in [1.29, 1.82) is 0 Å². The fraction of sp³-hybridized carbons (Fsp3) is 0.786. The SMILES string of the molecule is C=CCCC(=O)OC(CCC(S(=O)(=O)C(F)(F)F)S(=O)(=O)C(F)(F)F)C(C)C. The van der Waals surface area contributed by atoms with Crippen LogP contribution in [-0.2, 0) is 29.2 Å². The molecule has 1 unspecified atom stereocenters. The van der Waals surface area contributed by atoms with E-state index in [0.29, 0.717) is 0 Å². The van der Waals surface area contributed by atoms with Crippen LogP contribution in [0.3, 0.4) is 0 Å². The number of alkyl halides is 6. The van der Waals surface area contributed by atoms with Crippen LogP contribution in [0.2, 0.25) is 0 Å². The number of carbonyl (C=O) groups excluding carboxylic acids is 1. The van der Waals surface area contributed by atoms with E-state index in [1.807, 2.05) is 0 Å². The molecular weight excluding hydrogens is 442 g/mol. The van der Waals surface area contributed by atoms with Crippen LogP contribution in [0, 0.1) is 5.92 Å². The van der Waals surface area contributed by atoms with Crippen molar-refractivity contribution in [2.24, 2.45) is 5.92 Å². The molecular formula is C14H20F6O6S2. The van der Waals surface area contributed by atoms with E-state index >= 15 is 0 Å². The lowest BCUT2D eigenvalue weighted by atomic mass is 10.0. The summed E-state index contributed by atoms with van der Waals surface area (Å²) >= 11 is 0. The monoisotopic (exact) mass is 462 g/mol. The molecule has 0 amide bonds. The zero-order valence-corrected chi connectivity index (χ0v) is 16.5. The molecule has 0 saturated heterocycles. The van der Waals surface area contributed by atoms with E-state index in [-0.39, 0.29) is 12.8 Å². The van der Waals surface area contributed by atoms with Crippen molar-refractivity contribution in [1.82, 2.24) is 0 Å². The first kappa shape index (κ1) is 26.7. The maximum Gasteiger partial charge on any atom is 0.498 e. The van der Waals surface area contributed by atoms with Crippen molar-refractivity contribution in [3.63, 3.8) is 0 Å². The molecule has 0 spiro atoms. The zero-order chi connectivity index (χ0) is 22.6. The molecule has 0 radical (unpaired) electrons. The Hall–Kier alpha value is -1.31. The average Bonchev–Trinajstić information content (AvgIpc) is 2.49. The summed E-state index contributed by atoms with van der Waals surface area (Å²) in [5.74, 6) is -1.47. The number of hydrogen-bond acceptors (Lipinski definition) is 6. The summed E-state index contributed by atoms with van der Waals surface area (Å²) < 4.78 is 123. The lowest BCUT2D eigenvalue weighted by molar-refractivity contribution is -0.151. The third kappa shape index (κ3) is 6.64. The van der Waals surface area contributed by atoms with E-state index in [0.717, 1.165) is 0 Å². The Balaban J connectivity index is 5.79. The molecule has 0 saturated carbocycles. The van der Waals surface area contributed by atoms with Crippen LogP contribution in [0.1, 0.15) is 39.5 Å². The summed E-state index contributed by atoms with van der Waals surface area (Å²) in [4.78, 5) is 11.6. The Morgan fingerprint density at radius 3 is 1.71 bits per heavy atom. The Labute approximate surface area is 158 Å². The summed E-state index contributed by atoms with van der Waals surface area (Å²) in [7, 11) is -13.4. The van der Waals surface area contributed by atoms with Crippen molar-refractivity contribution in [3.05, 3.63) is 12.7 Å². The first-order chi connectivity index (χ1) is 12.4. The van der Waals surface area contributed by atoms with Gasteiger partial charge in [0.25, 0.3) is 19.7 Å². The van der Waals surface area contributed by atoms with Gasteiger partial charge in [0, 0.05) is 6.42 Å². The normalized spacial score (nSPS) is 14.9. The lowest BCUT2D eigenvalue weighted by Crippen LogP contribution is -2.45. The highest BCUT2D eigenvalue weighted by molar-refractivity contribution is 8.09. The average molecular weight is 462 g/mol. The van der Waals surface area contributed by atoms with Gasteiger partial charge in [0.05, 0.1) is 0 Å². The van der Waals surface area contributed by atoms with Crippen LogP contribution in [0.15, 0.2) is 12.7 Å². The van der Waals surface area contributed by atoms with Crippen LogP contribution >= 0.6 is 0 Å². The highest BCUT2D eigenvalue weighted by atomic mass is 32.3. The number of allylic oxidation sites excluding steroid dienone is 1. The van der Waals surface area contributed by atoms with Gasteiger partial charge in [-0.1, -0.05) is 19.9 Å². The number of sulfone groups is 2. The minimum Gasteiger partial charge on any atom is -0.462 e. The second kappa shape index (κ2) is 9.46. The molecule has 0 aromatic carbocycles. The molecule has 14 heteroatoms. The standard InChI is InChI=1S/C14H20F6O6S2/c1-4-5-6-11(21)26-10(9(2)3)7-8-12(27(22,23)13(15,16)17)28(24,25)14(18,19)20/h4,9-10,12H,1,5-8H2,2-3H3. The molecule has 0 N–H and O–H groups in total. The Morgan fingerprint density at radius 2 is 1.39 bits per heavy atom. The zero-order valence-electron chi connectivity index (χ0n) is 14.9. The van der Waals surface area contributed by atoms with Crippen molar-refractivity contribution in [2.45, 2.75) is 61.2 Å². The largest absolute Gasteiger partial charge is 0.498 e. The van der Waals surface area contributed by atoms with E-state index in [9.17, 15) is 48.0 Å². The van der Waals surface area contributed by atoms with Gasteiger partial charge in [-0.2, -0.15) is 26.3 Å². The van der Waals surface area contributed by atoms with Crippen LogP contribution in [0.4, 0.5) is 26.3 Å². The third-order valence-corrected chi connectivity index (χ3v) is 8.27. The van der Waals surface area contributed by atoms with Gasteiger partial charge >= 0.3 is 17.0 Å². The molecule has 0 aromatic rings. The summed E-state index contributed by atoms with van der Waals surface area (Å²) in [6, 6.07) is 0. The van der Waals surface area contributed by atoms with Crippen LogP contribution in [-0.4, -0.2) is 44.5 Å². The van der Waals surface area contributed by atoms with Gasteiger partial charge in [-0.25, -0.2) is 16.8 Å². The molecule has 0 aliphatic carbocycles. The minimum atomic E-state index is -6.71. The molecule has 166 valence electrons. The fourth-order valence-electron chi connectivity index (χ4n) is 2.05. The van der Waals surface area contributed by atoms with Crippen LogP contribution in [0.5, 0.6) is 0 Å². The molecule has 0 aromatic heterocycles. The van der Waals surface area contributed by atoms with Crippen molar-refractivity contribution in [2.75, 3.05) is 0 Å². The first-order valence-corrected chi connectivity index (χ1v) is 10.9. The summed E-state index contributed by atoms with van der Waals surface area (Å²) in [5, 5.41) is 0. The topological polar surface area (TPSA) is 94.6 Å². The molecule has 1 atom stereocenters. The second-order valence-corrected chi connectivity index (χ2v) is 10.6. The van der Waals surface area contributed by atoms with Crippen LogP contribution in [0.25, 0.3) is 0 Å². The summed E-state index contributed by atoms with van der Waals surface area (Å²) in [6.45, 7) is 6.18. The van der Waals surface area contributed by atoms with E-state index in [1.165, 1.54) is 19.9 Å². The third-order valence-electron chi connectivity index (χ3n) is 3.60. The highest BCUT2D eigenvalue weighted by Gasteiger charge is 2.62. The Kier molecular flexibility index (Phi) is 9.02. The quantitative estimate of drug-likeness (QED) is 0.280. The van der Waals surface area contributed by atoms with Gasteiger partial charge in [0.1, 0.15) is 6.10 Å². The molecule has 28 heavy (non-hydrogen) atoms. The molecule has 0 aliphatic rings. The first-order valence-electron chi connectivity index (χ1n) is 7.80. The van der Waals surface area contributed by atoms with Gasteiger partial charge in [0.2, 0.25) is 0 Å². The smallest absolute Gasteiger partial charge is 0.462 e. The number of hydrogen-bond donors (Lipinski definition) is 0. The fourth-order valence-corrected chi connectivity index (χ4v) is 5.53. The number of esters is 1. The van der Waals surface area contributed by atoms with Gasteiger partial charge in [-0.3, -0.25) is 4.79 Å². The van der Waals surface area contributed by atoms with E-state index in [1.54, 1.807) is 0 Å². The molecule has 0 bridgehead atoms.